The van der Waals surface area contributed by atoms with Crippen molar-refractivity contribution >= 4 is 17.7 Å². The standard InChI is InChI=1S/C16H16N4O4/c1-10(21)17-7-13-8-19(16(22)24-13)11-2-3-14-15(6-11)23-9-12-4-5-18-20(12)14/h2-6,13H,7-9H2,1H3,(H,17,21)/t13-/m0/s1. The summed E-state index contributed by atoms with van der Waals surface area (Å²) in [4.78, 5) is 24.6. The van der Waals surface area contributed by atoms with Gasteiger partial charge in [-0.15, -0.1) is 0 Å². The summed E-state index contributed by atoms with van der Waals surface area (Å²) in [6.45, 7) is 2.55. The van der Waals surface area contributed by atoms with Gasteiger partial charge in [-0.05, 0) is 18.2 Å². The number of aromatic nitrogens is 2. The number of carbonyl (C=O) groups excluding carboxylic acids is 2. The van der Waals surface area contributed by atoms with E-state index in [-0.39, 0.29) is 12.0 Å². The van der Waals surface area contributed by atoms with Crippen LogP contribution in [0.2, 0.25) is 0 Å². The van der Waals surface area contributed by atoms with Gasteiger partial charge in [0.15, 0.2) is 0 Å². The molecule has 124 valence electrons. The van der Waals surface area contributed by atoms with Crippen LogP contribution in [0.5, 0.6) is 5.75 Å². The molecular formula is C16H16N4O4. The number of nitrogens with zero attached hydrogens (tertiary/aromatic N) is 3. The monoisotopic (exact) mass is 328 g/mol. The summed E-state index contributed by atoms with van der Waals surface area (Å²) < 4.78 is 12.9. The first-order chi connectivity index (χ1) is 11.6. The van der Waals surface area contributed by atoms with Crippen LogP contribution in [0.25, 0.3) is 5.69 Å². The van der Waals surface area contributed by atoms with E-state index < -0.39 is 6.09 Å². The molecular weight excluding hydrogens is 312 g/mol. The smallest absolute Gasteiger partial charge is 0.414 e. The van der Waals surface area contributed by atoms with Crippen LogP contribution in [0.3, 0.4) is 0 Å². The predicted molar refractivity (Wildman–Crippen MR) is 84.2 cm³/mol. The lowest BCUT2D eigenvalue weighted by Gasteiger charge is -2.21. The molecule has 2 amide bonds. The van der Waals surface area contributed by atoms with Crippen molar-refractivity contribution in [1.82, 2.24) is 15.1 Å². The molecule has 3 heterocycles. The van der Waals surface area contributed by atoms with Crippen LogP contribution in [0.15, 0.2) is 30.5 Å². The fraction of sp³-hybridized carbons (Fsp3) is 0.312. The topological polar surface area (TPSA) is 85.7 Å². The number of hydrogen-bond acceptors (Lipinski definition) is 5. The van der Waals surface area contributed by atoms with Crippen molar-refractivity contribution in [3.63, 3.8) is 0 Å². The first-order valence-electron chi connectivity index (χ1n) is 7.64. The zero-order valence-electron chi connectivity index (χ0n) is 13.1. The van der Waals surface area contributed by atoms with Gasteiger partial charge in [0.05, 0.1) is 24.5 Å². The van der Waals surface area contributed by atoms with Gasteiger partial charge in [-0.25, -0.2) is 9.48 Å². The van der Waals surface area contributed by atoms with E-state index in [0.717, 1.165) is 11.4 Å². The number of ether oxygens (including phenoxy) is 2. The summed E-state index contributed by atoms with van der Waals surface area (Å²) in [5.41, 5.74) is 2.51. The SMILES string of the molecule is CC(=O)NC[C@H]1CN(c2ccc3c(c2)OCc2ccnn2-3)C(=O)O1. The molecule has 8 heteroatoms. The van der Waals surface area contributed by atoms with E-state index in [0.29, 0.717) is 31.1 Å². The van der Waals surface area contributed by atoms with Gasteiger partial charge >= 0.3 is 6.09 Å². The fourth-order valence-corrected chi connectivity index (χ4v) is 2.87. The van der Waals surface area contributed by atoms with Gasteiger partial charge in [-0.3, -0.25) is 9.69 Å². The van der Waals surface area contributed by atoms with Crippen molar-refractivity contribution in [2.24, 2.45) is 0 Å². The Bertz CT molecular complexity index is 816. The lowest BCUT2D eigenvalue weighted by molar-refractivity contribution is -0.119. The number of hydrogen-bond donors (Lipinski definition) is 1. The summed E-state index contributed by atoms with van der Waals surface area (Å²) >= 11 is 0. The molecule has 2 aliphatic heterocycles. The Kier molecular flexibility index (Phi) is 3.37. The van der Waals surface area contributed by atoms with E-state index >= 15 is 0 Å². The van der Waals surface area contributed by atoms with Gasteiger partial charge in [-0.2, -0.15) is 5.10 Å². The van der Waals surface area contributed by atoms with Crippen LogP contribution in [0.4, 0.5) is 10.5 Å². The summed E-state index contributed by atoms with van der Waals surface area (Å²) in [6.07, 6.45) is 0.934. The third-order valence-corrected chi connectivity index (χ3v) is 4.03. The number of fused-ring (bicyclic) bond motifs is 3. The molecule has 8 nitrogen and oxygen atoms in total. The summed E-state index contributed by atoms with van der Waals surface area (Å²) in [6, 6.07) is 7.42. The summed E-state index contributed by atoms with van der Waals surface area (Å²) in [7, 11) is 0. The molecule has 1 fully saturated rings. The predicted octanol–water partition coefficient (Wildman–Crippen LogP) is 1.23. The zero-order chi connectivity index (χ0) is 16.7. The van der Waals surface area contributed by atoms with Gasteiger partial charge < -0.3 is 14.8 Å². The molecule has 1 N–H and O–H groups in total. The maximum Gasteiger partial charge on any atom is 0.414 e. The molecule has 1 atom stereocenters. The number of cyclic esters (lactones) is 1. The Morgan fingerprint density at radius 1 is 1.42 bits per heavy atom. The van der Waals surface area contributed by atoms with E-state index in [9.17, 15) is 9.59 Å². The van der Waals surface area contributed by atoms with Crippen LogP contribution in [-0.4, -0.2) is 41.0 Å². The van der Waals surface area contributed by atoms with Crippen LogP contribution >= 0.6 is 0 Å². The molecule has 0 spiro atoms. The first kappa shape index (κ1) is 14.6. The number of rotatable bonds is 3. The Morgan fingerprint density at radius 2 is 2.29 bits per heavy atom. The average molecular weight is 328 g/mol. The highest BCUT2D eigenvalue weighted by molar-refractivity contribution is 5.90. The second kappa shape index (κ2) is 5.55. The molecule has 1 saturated heterocycles. The third kappa shape index (κ3) is 2.45. The molecule has 24 heavy (non-hydrogen) atoms. The molecule has 0 radical (unpaired) electrons. The Balaban J connectivity index is 1.56. The third-order valence-electron chi connectivity index (χ3n) is 4.03. The second-order valence-corrected chi connectivity index (χ2v) is 5.73. The van der Waals surface area contributed by atoms with Crippen molar-refractivity contribution in [3.8, 4) is 11.4 Å². The fourth-order valence-electron chi connectivity index (χ4n) is 2.87. The van der Waals surface area contributed by atoms with Crippen LogP contribution in [0, 0.1) is 0 Å². The van der Waals surface area contributed by atoms with Crippen LogP contribution in [-0.2, 0) is 16.1 Å². The van der Waals surface area contributed by atoms with E-state index in [1.165, 1.54) is 11.8 Å². The number of amides is 2. The molecule has 0 aliphatic carbocycles. The van der Waals surface area contributed by atoms with Gasteiger partial charge in [0.1, 0.15) is 24.1 Å². The van der Waals surface area contributed by atoms with Gasteiger partial charge in [0.2, 0.25) is 5.91 Å². The molecule has 1 aromatic carbocycles. The Labute approximate surface area is 137 Å². The van der Waals surface area contributed by atoms with Crippen molar-refractivity contribution in [2.45, 2.75) is 19.6 Å². The van der Waals surface area contributed by atoms with Crippen molar-refractivity contribution in [3.05, 3.63) is 36.2 Å². The van der Waals surface area contributed by atoms with Gasteiger partial charge in [0, 0.05) is 19.2 Å². The van der Waals surface area contributed by atoms with E-state index in [1.54, 1.807) is 6.20 Å². The highest BCUT2D eigenvalue weighted by Crippen LogP contribution is 2.34. The van der Waals surface area contributed by atoms with E-state index in [2.05, 4.69) is 10.4 Å². The van der Waals surface area contributed by atoms with Crippen molar-refractivity contribution in [1.29, 1.82) is 0 Å². The average Bonchev–Trinajstić information content (AvgIpc) is 3.18. The maximum absolute atomic E-state index is 12.1. The van der Waals surface area contributed by atoms with Crippen LogP contribution < -0.4 is 15.0 Å². The number of nitrogens with one attached hydrogen (secondary N) is 1. The van der Waals surface area contributed by atoms with Crippen LogP contribution in [0.1, 0.15) is 12.6 Å². The van der Waals surface area contributed by atoms with Gasteiger partial charge in [-0.1, -0.05) is 0 Å². The summed E-state index contributed by atoms with van der Waals surface area (Å²) in [5, 5.41) is 6.94. The summed E-state index contributed by atoms with van der Waals surface area (Å²) in [5.74, 6) is 0.517. The van der Waals surface area contributed by atoms with E-state index in [1.807, 2.05) is 28.9 Å². The minimum absolute atomic E-state index is 0.151. The lowest BCUT2D eigenvalue weighted by atomic mass is 10.2. The highest BCUT2D eigenvalue weighted by Gasteiger charge is 2.33. The van der Waals surface area contributed by atoms with Crippen molar-refractivity contribution < 1.29 is 19.1 Å². The normalized spacial score (nSPS) is 18.5. The second-order valence-electron chi connectivity index (χ2n) is 5.73. The molecule has 4 rings (SSSR count). The maximum atomic E-state index is 12.1. The molecule has 0 bridgehead atoms. The highest BCUT2D eigenvalue weighted by atomic mass is 16.6. The number of carbonyl (C=O) groups is 2. The Hall–Kier alpha value is -3.03. The molecule has 1 aromatic heterocycles. The minimum Gasteiger partial charge on any atom is -0.485 e. The quantitative estimate of drug-likeness (QED) is 0.916. The largest absolute Gasteiger partial charge is 0.485 e. The lowest BCUT2D eigenvalue weighted by Crippen LogP contribution is -2.33. The number of benzene rings is 1. The molecule has 0 unspecified atom stereocenters. The zero-order valence-corrected chi connectivity index (χ0v) is 13.1. The van der Waals surface area contributed by atoms with Crippen molar-refractivity contribution in [2.75, 3.05) is 18.0 Å². The molecule has 2 aliphatic rings. The Morgan fingerprint density at radius 3 is 3.12 bits per heavy atom. The molecule has 0 saturated carbocycles. The van der Waals surface area contributed by atoms with Gasteiger partial charge in [0.25, 0.3) is 0 Å². The van der Waals surface area contributed by atoms with E-state index in [4.69, 9.17) is 9.47 Å². The number of anilines is 1. The minimum atomic E-state index is -0.430. The molecule has 2 aromatic rings. The first-order valence-corrected chi connectivity index (χ1v) is 7.64.